The third kappa shape index (κ3) is 3.08. The number of rotatable bonds is 5. The van der Waals surface area contributed by atoms with E-state index in [0.29, 0.717) is 18.0 Å². The molecule has 0 saturated carbocycles. The van der Waals surface area contributed by atoms with Crippen LogP contribution in [0.4, 0.5) is 15.8 Å². The highest BCUT2D eigenvalue weighted by Crippen LogP contribution is 2.27. The van der Waals surface area contributed by atoms with Crippen LogP contribution in [0.15, 0.2) is 48.5 Å². The van der Waals surface area contributed by atoms with Gasteiger partial charge in [-0.05, 0) is 43.3 Å². The van der Waals surface area contributed by atoms with Gasteiger partial charge in [-0.25, -0.2) is 9.29 Å². The molecule has 0 spiro atoms. The maximum atomic E-state index is 13.7. The summed E-state index contributed by atoms with van der Waals surface area (Å²) in [4.78, 5) is 25.9. The molecule has 2 aromatic carbocycles. The minimum absolute atomic E-state index is 0.0135. The van der Waals surface area contributed by atoms with E-state index < -0.39 is 17.8 Å². The molecule has 0 aromatic heterocycles. The standard InChI is InChI=1S/C18H17FN2O3/c1-2-24-13-9-7-12(8-10-13)21-17(22)11-16(18(21)23)20-15-6-4-3-5-14(15)19/h3-10,16,20H,2,11H2,1H3/t16-/m1/s1. The molecule has 0 unspecified atom stereocenters. The minimum Gasteiger partial charge on any atom is -0.494 e. The Hall–Kier alpha value is -2.89. The molecule has 1 aliphatic rings. The van der Waals surface area contributed by atoms with Crippen LogP contribution < -0.4 is 15.0 Å². The largest absolute Gasteiger partial charge is 0.494 e. The van der Waals surface area contributed by atoms with Crippen molar-refractivity contribution in [2.45, 2.75) is 19.4 Å². The molecule has 2 aromatic rings. The number of carbonyl (C=O) groups excluding carboxylic acids is 2. The maximum Gasteiger partial charge on any atom is 0.256 e. The Balaban J connectivity index is 1.77. The molecule has 2 amide bonds. The summed E-state index contributed by atoms with van der Waals surface area (Å²) >= 11 is 0. The molecule has 5 nitrogen and oxygen atoms in total. The van der Waals surface area contributed by atoms with Crippen molar-refractivity contribution in [2.75, 3.05) is 16.8 Å². The van der Waals surface area contributed by atoms with E-state index in [0.717, 1.165) is 4.90 Å². The zero-order valence-corrected chi connectivity index (χ0v) is 13.2. The maximum absolute atomic E-state index is 13.7. The van der Waals surface area contributed by atoms with Crippen molar-refractivity contribution in [3.63, 3.8) is 0 Å². The molecule has 124 valence electrons. The topological polar surface area (TPSA) is 58.6 Å². The number of imide groups is 1. The average Bonchev–Trinajstić information content (AvgIpc) is 2.85. The van der Waals surface area contributed by atoms with Crippen molar-refractivity contribution in [1.29, 1.82) is 0 Å². The molecule has 24 heavy (non-hydrogen) atoms. The third-order valence-electron chi connectivity index (χ3n) is 3.76. The number of nitrogens with one attached hydrogen (secondary N) is 1. The Morgan fingerprint density at radius 1 is 1.17 bits per heavy atom. The van der Waals surface area contributed by atoms with Crippen molar-refractivity contribution in [1.82, 2.24) is 0 Å². The fourth-order valence-electron chi connectivity index (χ4n) is 2.64. The Labute approximate surface area is 139 Å². The fraction of sp³-hybridized carbons (Fsp3) is 0.222. The molecule has 0 bridgehead atoms. The molecule has 1 aliphatic heterocycles. The van der Waals surface area contributed by atoms with E-state index in [4.69, 9.17) is 4.74 Å². The monoisotopic (exact) mass is 328 g/mol. The molecular weight excluding hydrogens is 311 g/mol. The van der Waals surface area contributed by atoms with Crippen LogP contribution in [0.5, 0.6) is 5.75 Å². The van der Waals surface area contributed by atoms with Gasteiger partial charge in [-0.15, -0.1) is 0 Å². The molecule has 3 rings (SSSR count). The number of para-hydroxylation sites is 1. The average molecular weight is 328 g/mol. The van der Waals surface area contributed by atoms with Gasteiger partial charge in [-0.1, -0.05) is 12.1 Å². The zero-order valence-electron chi connectivity index (χ0n) is 13.2. The predicted molar refractivity (Wildman–Crippen MR) is 88.5 cm³/mol. The van der Waals surface area contributed by atoms with Crippen LogP contribution in [-0.2, 0) is 9.59 Å². The highest BCUT2D eigenvalue weighted by Gasteiger charge is 2.39. The number of anilines is 2. The molecule has 6 heteroatoms. The van der Waals surface area contributed by atoms with E-state index in [2.05, 4.69) is 5.32 Å². The lowest BCUT2D eigenvalue weighted by Crippen LogP contribution is -2.34. The number of halogens is 1. The van der Waals surface area contributed by atoms with Crippen molar-refractivity contribution in [2.24, 2.45) is 0 Å². The van der Waals surface area contributed by atoms with Gasteiger partial charge in [-0.2, -0.15) is 0 Å². The Morgan fingerprint density at radius 2 is 1.88 bits per heavy atom. The molecule has 1 fully saturated rings. The normalized spacial score (nSPS) is 17.2. The number of hydrogen-bond donors (Lipinski definition) is 1. The van der Waals surface area contributed by atoms with Crippen LogP contribution in [0, 0.1) is 5.82 Å². The summed E-state index contributed by atoms with van der Waals surface area (Å²) in [6, 6.07) is 12.0. The zero-order chi connectivity index (χ0) is 17.1. The second kappa shape index (κ2) is 6.70. The fourth-order valence-corrected chi connectivity index (χ4v) is 2.64. The van der Waals surface area contributed by atoms with Gasteiger partial charge in [0.15, 0.2) is 0 Å². The van der Waals surface area contributed by atoms with Crippen molar-refractivity contribution in [3.05, 3.63) is 54.3 Å². The van der Waals surface area contributed by atoms with E-state index in [1.807, 2.05) is 6.92 Å². The van der Waals surface area contributed by atoms with E-state index in [-0.39, 0.29) is 18.0 Å². The van der Waals surface area contributed by atoms with E-state index in [1.165, 1.54) is 12.1 Å². The Morgan fingerprint density at radius 3 is 2.54 bits per heavy atom. The molecule has 1 saturated heterocycles. The van der Waals surface area contributed by atoms with Gasteiger partial charge < -0.3 is 10.1 Å². The second-order valence-electron chi connectivity index (χ2n) is 5.38. The first kappa shape index (κ1) is 16.0. The number of nitrogens with zero attached hydrogens (tertiary/aromatic N) is 1. The van der Waals surface area contributed by atoms with Crippen LogP contribution >= 0.6 is 0 Å². The number of hydrogen-bond acceptors (Lipinski definition) is 4. The first-order valence-corrected chi connectivity index (χ1v) is 7.71. The van der Waals surface area contributed by atoms with Crippen LogP contribution in [0.2, 0.25) is 0 Å². The Kier molecular flexibility index (Phi) is 4.46. The smallest absolute Gasteiger partial charge is 0.256 e. The summed E-state index contributed by atoms with van der Waals surface area (Å²) in [6.07, 6.45) is -0.0135. The van der Waals surface area contributed by atoms with E-state index in [1.54, 1.807) is 36.4 Å². The quantitative estimate of drug-likeness (QED) is 0.857. The lowest BCUT2D eigenvalue weighted by Gasteiger charge is -2.16. The number of benzene rings is 2. The summed E-state index contributed by atoms with van der Waals surface area (Å²) in [5, 5.41) is 2.81. The number of amides is 2. The second-order valence-corrected chi connectivity index (χ2v) is 5.38. The van der Waals surface area contributed by atoms with Crippen molar-refractivity contribution >= 4 is 23.2 Å². The van der Waals surface area contributed by atoms with Gasteiger partial charge in [0, 0.05) is 0 Å². The number of ether oxygens (including phenoxy) is 1. The number of carbonyl (C=O) groups is 2. The summed E-state index contributed by atoms with van der Waals surface area (Å²) in [7, 11) is 0. The van der Waals surface area contributed by atoms with Crippen LogP contribution in [0.25, 0.3) is 0 Å². The molecule has 0 radical (unpaired) electrons. The van der Waals surface area contributed by atoms with E-state index >= 15 is 0 Å². The summed E-state index contributed by atoms with van der Waals surface area (Å²) in [6.45, 7) is 2.41. The van der Waals surface area contributed by atoms with Crippen molar-refractivity contribution in [3.8, 4) is 5.75 Å². The lowest BCUT2D eigenvalue weighted by molar-refractivity contribution is -0.121. The summed E-state index contributed by atoms with van der Waals surface area (Å²) in [5.41, 5.74) is 0.684. The van der Waals surface area contributed by atoms with Crippen LogP contribution in [-0.4, -0.2) is 24.5 Å². The van der Waals surface area contributed by atoms with Gasteiger partial charge in [-0.3, -0.25) is 9.59 Å². The van der Waals surface area contributed by atoms with Gasteiger partial charge in [0.1, 0.15) is 17.6 Å². The Bertz CT molecular complexity index is 761. The van der Waals surface area contributed by atoms with Gasteiger partial charge in [0.25, 0.3) is 5.91 Å². The van der Waals surface area contributed by atoms with Gasteiger partial charge in [0.2, 0.25) is 5.91 Å². The highest BCUT2D eigenvalue weighted by molar-refractivity contribution is 6.23. The molecule has 1 N–H and O–H groups in total. The van der Waals surface area contributed by atoms with E-state index in [9.17, 15) is 14.0 Å². The predicted octanol–water partition coefficient (Wildman–Crippen LogP) is 2.97. The summed E-state index contributed by atoms with van der Waals surface area (Å²) < 4.78 is 19.1. The molecule has 1 heterocycles. The molecule has 1 atom stereocenters. The molecule has 0 aliphatic carbocycles. The van der Waals surface area contributed by atoms with Gasteiger partial charge >= 0.3 is 0 Å². The SMILES string of the molecule is CCOc1ccc(N2C(=O)C[C@@H](Nc3ccccc3F)C2=O)cc1. The third-order valence-corrected chi connectivity index (χ3v) is 3.76. The highest BCUT2D eigenvalue weighted by atomic mass is 19.1. The lowest BCUT2D eigenvalue weighted by atomic mass is 10.2. The van der Waals surface area contributed by atoms with Crippen LogP contribution in [0.3, 0.4) is 0 Å². The first-order valence-electron chi connectivity index (χ1n) is 7.71. The summed E-state index contributed by atoms with van der Waals surface area (Å²) in [5.74, 6) is -0.510. The van der Waals surface area contributed by atoms with Gasteiger partial charge in [0.05, 0.1) is 24.4 Å². The molecular formula is C18H17FN2O3. The minimum atomic E-state index is -0.777. The van der Waals surface area contributed by atoms with Crippen LogP contribution in [0.1, 0.15) is 13.3 Å². The van der Waals surface area contributed by atoms with Crippen molar-refractivity contribution < 1.29 is 18.7 Å². The first-order chi connectivity index (χ1) is 11.6.